The first-order chi connectivity index (χ1) is 9.06. The molecular formula is C15H14FNO2. The first-order valence-corrected chi connectivity index (χ1v) is 5.90. The molecule has 0 aliphatic carbocycles. The predicted molar refractivity (Wildman–Crippen MR) is 69.7 cm³/mol. The third-order valence-corrected chi connectivity index (χ3v) is 2.74. The lowest BCUT2D eigenvalue weighted by molar-refractivity contribution is 0.101. The van der Waals surface area contributed by atoms with Crippen molar-refractivity contribution in [1.82, 2.24) is 4.98 Å². The summed E-state index contributed by atoms with van der Waals surface area (Å²) < 4.78 is 18.6. The summed E-state index contributed by atoms with van der Waals surface area (Å²) in [6.45, 7) is 3.63. The molecule has 0 amide bonds. The second-order valence-corrected chi connectivity index (χ2v) is 4.34. The van der Waals surface area contributed by atoms with Gasteiger partial charge in [0.25, 0.3) is 0 Å². The minimum atomic E-state index is -0.384. The van der Waals surface area contributed by atoms with E-state index in [0.717, 1.165) is 11.8 Å². The number of ketones is 1. The number of nitrogens with zero attached hydrogens (tertiary/aromatic N) is 1. The minimum absolute atomic E-state index is 0.0176. The number of carbonyl (C=O) groups is 1. The average molecular weight is 259 g/mol. The second kappa shape index (κ2) is 5.61. The summed E-state index contributed by atoms with van der Waals surface area (Å²) in [6.07, 6.45) is 2.71. The lowest BCUT2D eigenvalue weighted by atomic mass is 10.1. The molecule has 0 aliphatic rings. The molecule has 0 bridgehead atoms. The van der Waals surface area contributed by atoms with Crippen LogP contribution in [0.3, 0.4) is 0 Å². The van der Waals surface area contributed by atoms with Gasteiger partial charge in [-0.3, -0.25) is 9.78 Å². The summed E-state index contributed by atoms with van der Waals surface area (Å²) in [5, 5.41) is 0. The molecule has 0 aliphatic heterocycles. The zero-order chi connectivity index (χ0) is 13.8. The molecule has 1 aromatic heterocycles. The summed E-state index contributed by atoms with van der Waals surface area (Å²) in [7, 11) is 0. The van der Waals surface area contributed by atoms with Gasteiger partial charge in [0, 0.05) is 17.3 Å². The van der Waals surface area contributed by atoms with E-state index in [1.165, 1.54) is 13.0 Å². The van der Waals surface area contributed by atoms with Gasteiger partial charge in [-0.15, -0.1) is 0 Å². The Morgan fingerprint density at radius 2 is 2.11 bits per heavy atom. The van der Waals surface area contributed by atoms with Crippen molar-refractivity contribution in [3.63, 3.8) is 0 Å². The molecule has 0 spiro atoms. The fourth-order valence-corrected chi connectivity index (χ4v) is 1.73. The van der Waals surface area contributed by atoms with E-state index in [1.807, 2.05) is 6.92 Å². The zero-order valence-corrected chi connectivity index (χ0v) is 10.8. The third-order valence-electron chi connectivity index (χ3n) is 2.74. The highest BCUT2D eigenvalue weighted by Gasteiger charge is 2.05. The van der Waals surface area contributed by atoms with Crippen LogP contribution in [0.15, 0.2) is 36.7 Å². The van der Waals surface area contributed by atoms with Crippen LogP contribution in [0, 0.1) is 12.7 Å². The van der Waals surface area contributed by atoms with Gasteiger partial charge in [-0.1, -0.05) is 0 Å². The summed E-state index contributed by atoms with van der Waals surface area (Å²) >= 11 is 0. The van der Waals surface area contributed by atoms with Gasteiger partial charge < -0.3 is 4.74 Å². The number of aromatic nitrogens is 1. The molecule has 0 saturated carbocycles. The number of benzene rings is 1. The Balaban J connectivity index is 2.10. The molecule has 0 radical (unpaired) electrons. The smallest absolute Gasteiger partial charge is 0.159 e. The number of rotatable bonds is 4. The largest absolute Gasteiger partial charge is 0.489 e. The fourth-order valence-electron chi connectivity index (χ4n) is 1.73. The molecule has 3 nitrogen and oxygen atoms in total. The monoisotopic (exact) mass is 259 g/mol. The highest BCUT2D eigenvalue weighted by atomic mass is 19.1. The van der Waals surface area contributed by atoms with Crippen molar-refractivity contribution in [1.29, 1.82) is 0 Å². The van der Waals surface area contributed by atoms with Gasteiger partial charge >= 0.3 is 0 Å². The van der Waals surface area contributed by atoms with Crippen LogP contribution < -0.4 is 4.74 Å². The third kappa shape index (κ3) is 3.37. The van der Waals surface area contributed by atoms with E-state index >= 15 is 0 Å². The Kier molecular flexibility index (Phi) is 3.90. The van der Waals surface area contributed by atoms with Crippen LogP contribution in [-0.2, 0) is 6.61 Å². The summed E-state index contributed by atoms with van der Waals surface area (Å²) in [5.74, 6) is 0.308. The van der Waals surface area contributed by atoms with Crippen LogP contribution in [0.1, 0.15) is 28.4 Å². The molecule has 1 aromatic carbocycles. The van der Waals surface area contributed by atoms with Gasteiger partial charge in [0.1, 0.15) is 18.2 Å². The molecule has 1 heterocycles. The van der Waals surface area contributed by atoms with E-state index in [1.54, 1.807) is 24.4 Å². The van der Waals surface area contributed by atoms with Crippen LogP contribution in [0.25, 0.3) is 0 Å². The molecule has 2 aromatic rings. The molecule has 19 heavy (non-hydrogen) atoms. The molecular weight excluding hydrogens is 245 g/mol. The molecule has 0 N–H and O–H groups in total. The minimum Gasteiger partial charge on any atom is -0.489 e. The lowest BCUT2D eigenvalue weighted by Crippen LogP contribution is -2.00. The topological polar surface area (TPSA) is 39.2 Å². The van der Waals surface area contributed by atoms with Crippen LogP contribution in [-0.4, -0.2) is 10.8 Å². The van der Waals surface area contributed by atoms with E-state index in [2.05, 4.69) is 4.98 Å². The van der Waals surface area contributed by atoms with Gasteiger partial charge in [-0.2, -0.15) is 0 Å². The number of pyridine rings is 1. The van der Waals surface area contributed by atoms with Crippen molar-refractivity contribution in [2.24, 2.45) is 0 Å². The number of aryl methyl sites for hydroxylation is 1. The van der Waals surface area contributed by atoms with E-state index in [4.69, 9.17) is 4.74 Å². The molecule has 0 saturated heterocycles. The molecule has 0 atom stereocenters. The van der Waals surface area contributed by atoms with Gasteiger partial charge in [0.05, 0.1) is 6.20 Å². The highest BCUT2D eigenvalue weighted by molar-refractivity contribution is 5.94. The second-order valence-electron chi connectivity index (χ2n) is 4.34. The Labute approximate surface area is 111 Å². The van der Waals surface area contributed by atoms with Crippen molar-refractivity contribution in [3.8, 4) is 5.75 Å². The number of carbonyl (C=O) groups excluding carboxylic acids is 1. The zero-order valence-electron chi connectivity index (χ0n) is 10.8. The summed E-state index contributed by atoms with van der Waals surface area (Å²) in [5.41, 5.74) is 2.18. The molecule has 98 valence electrons. The van der Waals surface area contributed by atoms with Crippen LogP contribution in [0.2, 0.25) is 0 Å². The maximum atomic E-state index is 13.0. The molecule has 4 heteroatoms. The highest BCUT2D eigenvalue weighted by Crippen LogP contribution is 2.20. The Bertz CT molecular complexity index is 611. The average Bonchev–Trinajstić information content (AvgIpc) is 2.37. The van der Waals surface area contributed by atoms with Crippen molar-refractivity contribution in [2.45, 2.75) is 20.5 Å². The predicted octanol–water partition coefficient (Wildman–Crippen LogP) is 3.31. The number of ether oxygens (including phenoxy) is 1. The molecule has 0 fully saturated rings. The maximum absolute atomic E-state index is 13.0. The Hall–Kier alpha value is -2.23. The first kappa shape index (κ1) is 13.2. The quantitative estimate of drug-likeness (QED) is 0.791. The number of hydrogen-bond acceptors (Lipinski definition) is 3. The number of halogens is 1. The van der Waals surface area contributed by atoms with Gasteiger partial charge in [0.15, 0.2) is 5.78 Å². The fraction of sp³-hybridized carbons (Fsp3) is 0.200. The van der Waals surface area contributed by atoms with Crippen molar-refractivity contribution >= 4 is 5.78 Å². The SMILES string of the molecule is CC(=O)c1ccc(OCc2cncc(F)c2)c(C)c1. The maximum Gasteiger partial charge on any atom is 0.159 e. The van der Waals surface area contributed by atoms with E-state index in [0.29, 0.717) is 16.9 Å². The lowest BCUT2D eigenvalue weighted by Gasteiger charge is -2.10. The van der Waals surface area contributed by atoms with E-state index < -0.39 is 0 Å². The van der Waals surface area contributed by atoms with Crippen molar-refractivity contribution in [2.75, 3.05) is 0 Å². The number of Topliss-reactive ketones (excluding diaryl/α,β-unsaturated/α-hetero) is 1. The Morgan fingerprint density at radius 3 is 2.74 bits per heavy atom. The van der Waals surface area contributed by atoms with Crippen LogP contribution in [0.4, 0.5) is 4.39 Å². The van der Waals surface area contributed by atoms with Crippen LogP contribution >= 0.6 is 0 Å². The van der Waals surface area contributed by atoms with Crippen molar-refractivity contribution < 1.29 is 13.9 Å². The van der Waals surface area contributed by atoms with Crippen molar-refractivity contribution in [3.05, 3.63) is 59.2 Å². The summed E-state index contributed by atoms with van der Waals surface area (Å²) in [4.78, 5) is 15.0. The van der Waals surface area contributed by atoms with Gasteiger partial charge in [-0.05, 0) is 43.7 Å². The van der Waals surface area contributed by atoms with E-state index in [9.17, 15) is 9.18 Å². The molecule has 0 unspecified atom stereocenters. The van der Waals surface area contributed by atoms with E-state index in [-0.39, 0.29) is 18.2 Å². The Morgan fingerprint density at radius 1 is 1.32 bits per heavy atom. The first-order valence-electron chi connectivity index (χ1n) is 5.90. The summed E-state index contributed by atoms with van der Waals surface area (Å²) in [6, 6.07) is 6.63. The standard InChI is InChI=1S/C15H14FNO2/c1-10-5-13(11(2)18)3-4-15(10)19-9-12-6-14(16)8-17-7-12/h3-8H,9H2,1-2H3. The normalized spacial score (nSPS) is 10.3. The van der Waals surface area contributed by atoms with Gasteiger partial charge in [0.2, 0.25) is 0 Å². The number of hydrogen-bond donors (Lipinski definition) is 0. The van der Waals surface area contributed by atoms with Gasteiger partial charge in [-0.25, -0.2) is 4.39 Å². The molecule has 2 rings (SSSR count). The van der Waals surface area contributed by atoms with Crippen LogP contribution in [0.5, 0.6) is 5.75 Å².